The average molecular weight is 420 g/mol. The van der Waals surface area contributed by atoms with Crippen molar-refractivity contribution in [1.82, 2.24) is 15.6 Å². The normalized spacial score (nSPS) is 11.0. The van der Waals surface area contributed by atoms with Crippen molar-refractivity contribution in [3.05, 3.63) is 23.9 Å². The first-order chi connectivity index (χ1) is 10.2. The van der Waals surface area contributed by atoms with Gasteiger partial charge in [-0.25, -0.2) is 9.98 Å². The van der Waals surface area contributed by atoms with Gasteiger partial charge in [-0.3, -0.25) is 0 Å². The summed E-state index contributed by atoms with van der Waals surface area (Å²) in [7, 11) is 0. The third-order valence-electron chi connectivity index (χ3n) is 2.76. The Labute approximate surface area is 151 Å². The molecule has 1 rings (SSSR count). The topological polar surface area (TPSA) is 58.5 Å². The molecule has 2 N–H and O–H groups in total. The number of hydrogen-bond donors (Lipinski definition) is 2. The fraction of sp³-hybridized carbons (Fsp3) is 0.625. The van der Waals surface area contributed by atoms with Crippen LogP contribution in [0.4, 0.5) is 0 Å². The molecule has 1 aromatic rings. The molecule has 0 amide bonds. The van der Waals surface area contributed by atoms with E-state index >= 15 is 0 Å². The van der Waals surface area contributed by atoms with Gasteiger partial charge >= 0.3 is 0 Å². The van der Waals surface area contributed by atoms with Gasteiger partial charge in [0.2, 0.25) is 5.88 Å². The van der Waals surface area contributed by atoms with E-state index < -0.39 is 0 Å². The lowest BCUT2D eigenvalue weighted by Gasteiger charge is -2.14. The number of nitrogens with zero attached hydrogens (tertiary/aromatic N) is 2. The van der Waals surface area contributed by atoms with E-state index in [4.69, 9.17) is 4.74 Å². The SMILES string of the molecule is CCCCOc1ncccc1CN=C(NCC)NC(C)C.I. The highest BCUT2D eigenvalue weighted by molar-refractivity contribution is 14.0. The van der Waals surface area contributed by atoms with Gasteiger partial charge in [-0.15, -0.1) is 24.0 Å². The van der Waals surface area contributed by atoms with E-state index in [9.17, 15) is 0 Å². The third kappa shape index (κ3) is 8.41. The zero-order chi connectivity index (χ0) is 15.5. The maximum Gasteiger partial charge on any atom is 0.218 e. The lowest BCUT2D eigenvalue weighted by Crippen LogP contribution is -2.41. The molecular formula is C16H29IN4O. The van der Waals surface area contributed by atoms with Crippen molar-refractivity contribution < 1.29 is 4.74 Å². The van der Waals surface area contributed by atoms with Gasteiger partial charge < -0.3 is 15.4 Å². The van der Waals surface area contributed by atoms with Crippen LogP contribution in [0.15, 0.2) is 23.3 Å². The molecule has 0 fully saturated rings. The molecule has 22 heavy (non-hydrogen) atoms. The molecular weight excluding hydrogens is 391 g/mol. The van der Waals surface area contributed by atoms with E-state index in [1.54, 1.807) is 6.20 Å². The molecule has 0 aromatic carbocycles. The Morgan fingerprint density at radius 2 is 2.14 bits per heavy atom. The summed E-state index contributed by atoms with van der Waals surface area (Å²) in [6.07, 6.45) is 3.91. The van der Waals surface area contributed by atoms with Crippen LogP contribution in [-0.2, 0) is 6.54 Å². The van der Waals surface area contributed by atoms with Crippen molar-refractivity contribution in [1.29, 1.82) is 0 Å². The number of unbranched alkanes of at least 4 members (excludes halogenated alkanes) is 1. The molecule has 0 saturated carbocycles. The van der Waals surface area contributed by atoms with Gasteiger partial charge in [0.1, 0.15) is 0 Å². The summed E-state index contributed by atoms with van der Waals surface area (Å²) in [4.78, 5) is 8.89. The van der Waals surface area contributed by atoms with E-state index in [1.165, 1.54) is 0 Å². The summed E-state index contributed by atoms with van der Waals surface area (Å²) in [5.74, 6) is 1.51. The van der Waals surface area contributed by atoms with Gasteiger partial charge in [-0.05, 0) is 33.3 Å². The molecule has 5 nitrogen and oxygen atoms in total. The number of guanidine groups is 1. The first-order valence-electron chi connectivity index (χ1n) is 7.78. The Morgan fingerprint density at radius 1 is 1.36 bits per heavy atom. The fourth-order valence-corrected chi connectivity index (χ4v) is 1.75. The molecule has 0 unspecified atom stereocenters. The lowest BCUT2D eigenvalue weighted by atomic mass is 10.2. The fourth-order valence-electron chi connectivity index (χ4n) is 1.75. The number of nitrogens with one attached hydrogen (secondary N) is 2. The second-order valence-corrected chi connectivity index (χ2v) is 5.16. The molecule has 0 aliphatic rings. The molecule has 0 atom stereocenters. The minimum Gasteiger partial charge on any atom is -0.477 e. The van der Waals surface area contributed by atoms with Gasteiger partial charge in [-0.2, -0.15) is 0 Å². The van der Waals surface area contributed by atoms with E-state index in [0.717, 1.165) is 30.9 Å². The predicted molar refractivity (Wildman–Crippen MR) is 103 cm³/mol. The van der Waals surface area contributed by atoms with Gasteiger partial charge in [0, 0.05) is 24.3 Å². The molecule has 1 heterocycles. The summed E-state index contributed by atoms with van der Waals surface area (Å²) in [6, 6.07) is 4.27. The summed E-state index contributed by atoms with van der Waals surface area (Å²) in [5, 5.41) is 6.53. The highest BCUT2D eigenvalue weighted by atomic mass is 127. The third-order valence-corrected chi connectivity index (χ3v) is 2.76. The van der Waals surface area contributed by atoms with Gasteiger partial charge in [0.15, 0.2) is 5.96 Å². The standard InChI is InChI=1S/C16H28N4O.HI/c1-5-7-11-21-15-14(9-8-10-18-15)12-19-16(17-6-2)20-13(3)4;/h8-10,13H,5-7,11-12H2,1-4H3,(H2,17,19,20);1H. The lowest BCUT2D eigenvalue weighted by molar-refractivity contribution is 0.294. The molecule has 6 heteroatoms. The van der Waals surface area contributed by atoms with Crippen LogP contribution in [0.1, 0.15) is 46.1 Å². The number of aliphatic imine (C=N–C) groups is 1. The van der Waals surface area contributed by atoms with Crippen molar-refractivity contribution >= 4 is 29.9 Å². The van der Waals surface area contributed by atoms with E-state index in [0.29, 0.717) is 25.1 Å². The zero-order valence-electron chi connectivity index (χ0n) is 14.1. The van der Waals surface area contributed by atoms with Crippen LogP contribution in [0.25, 0.3) is 0 Å². The zero-order valence-corrected chi connectivity index (χ0v) is 16.4. The minimum absolute atomic E-state index is 0. The summed E-state index contributed by atoms with van der Waals surface area (Å²) in [5.41, 5.74) is 1.01. The Hall–Kier alpha value is -1.05. The first kappa shape index (κ1) is 20.9. The maximum atomic E-state index is 5.73. The smallest absolute Gasteiger partial charge is 0.218 e. The molecule has 0 saturated heterocycles. The van der Waals surface area contributed by atoms with Crippen LogP contribution >= 0.6 is 24.0 Å². The number of pyridine rings is 1. The number of ether oxygens (including phenoxy) is 1. The Bertz CT molecular complexity index is 438. The summed E-state index contributed by atoms with van der Waals surface area (Å²) < 4.78 is 5.73. The maximum absolute atomic E-state index is 5.73. The van der Waals surface area contributed by atoms with E-state index in [2.05, 4.69) is 48.3 Å². The quantitative estimate of drug-likeness (QED) is 0.293. The predicted octanol–water partition coefficient (Wildman–Crippen LogP) is 3.34. The van der Waals surface area contributed by atoms with Crippen LogP contribution in [0, 0.1) is 0 Å². The van der Waals surface area contributed by atoms with Crippen molar-refractivity contribution in [2.75, 3.05) is 13.2 Å². The van der Waals surface area contributed by atoms with Crippen LogP contribution in [0.5, 0.6) is 5.88 Å². The Morgan fingerprint density at radius 3 is 2.77 bits per heavy atom. The number of halogens is 1. The minimum atomic E-state index is 0. The van der Waals surface area contributed by atoms with Crippen molar-refractivity contribution in [3.8, 4) is 5.88 Å². The van der Waals surface area contributed by atoms with Crippen molar-refractivity contribution in [3.63, 3.8) is 0 Å². The number of rotatable bonds is 8. The molecule has 0 bridgehead atoms. The van der Waals surface area contributed by atoms with Crippen LogP contribution in [0.2, 0.25) is 0 Å². The molecule has 126 valence electrons. The second kappa shape index (κ2) is 12.5. The largest absolute Gasteiger partial charge is 0.477 e. The van der Waals surface area contributed by atoms with Gasteiger partial charge in [0.05, 0.1) is 13.2 Å². The van der Waals surface area contributed by atoms with Crippen molar-refractivity contribution in [2.24, 2.45) is 4.99 Å². The Balaban J connectivity index is 0.00000441. The van der Waals surface area contributed by atoms with E-state index in [1.807, 2.05) is 12.1 Å². The second-order valence-electron chi connectivity index (χ2n) is 5.16. The summed E-state index contributed by atoms with van der Waals surface area (Å²) in [6.45, 7) is 10.5. The number of hydrogen-bond acceptors (Lipinski definition) is 3. The molecule has 1 aromatic heterocycles. The van der Waals surface area contributed by atoms with Gasteiger partial charge in [0.25, 0.3) is 0 Å². The molecule has 0 radical (unpaired) electrons. The van der Waals surface area contributed by atoms with Gasteiger partial charge in [-0.1, -0.05) is 19.4 Å². The monoisotopic (exact) mass is 420 g/mol. The number of aromatic nitrogens is 1. The molecule has 0 aliphatic carbocycles. The Kier molecular flexibility index (Phi) is 11.9. The van der Waals surface area contributed by atoms with Crippen LogP contribution in [-0.4, -0.2) is 30.1 Å². The summed E-state index contributed by atoms with van der Waals surface area (Å²) >= 11 is 0. The van der Waals surface area contributed by atoms with E-state index in [-0.39, 0.29) is 24.0 Å². The highest BCUT2D eigenvalue weighted by Crippen LogP contribution is 2.15. The average Bonchev–Trinajstić information content (AvgIpc) is 2.46. The van der Waals surface area contributed by atoms with Crippen LogP contribution < -0.4 is 15.4 Å². The highest BCUT2D eigenvalue weighted by Gasteiger charge is 2.05. The van der Waals surface area contributed by atoms with Crippen LogP contribution in [0.3, 0.4) is 0 Å². The van der Waals surface area contributed by atoms with Crippen molar-refractivity contribution in [2.45, 2.75) is 53.1 Å². The first-order valence-corrected chi connectivity index (χ1v) is 7.78. The molecule has 0 aliphatic heterocycles. The molecule has 0 spiro atoms.